The van der Waals surface area contributed by atoms with Gasteiger partial charge in [-0.25, -0.2) is 4.98 Å². The molecule has 1 amide bonds. The minimum absolute atomic E-state index is 0.116. The Balaban J connectivity index is 1.45. The molecule has 0 saturated carbocycles. The van der Waals surface area contributed by atoms with E-state index < -0.39 is 0 Å². The van der Waals surface area contributed by atoms with Crippen molar-refractivity contribution in [2.45, 2.75) is 26.5 Å². The average molecular weight is 364 g/mol. The number of aromatic nitrogens is 1. The summed E-state index contributed by atoms with van der Waals surface area (Å²) in [6.07, 6.45) is 0.894. The standard InChI is InChI=1S/C21H20N2O2S/c1-15(24)23-12-11-20-19(13-23)22-21(26-20)17-7-9-18(10-8-17)25-14-16-5-3-2-4-6-16/h2-10H,11-14H2,1H3. The lowest BCUT2D eigenvalue weighted by Gasteiger charge is -2.24. The molecule has 1 aliphatic heterocycles. The molecule has 0 saturated heterocycles. The molecule has 132 valence electrons. The molecule has 1 aromatic heterocycles. The summed E-state index contributed by atoms with van der Waals surface area (Å²) in [5, 5.41) is 1.01. The molecule has 4 nitrogen and oxygen atoms in total. The molecule has 0 radical (unpaired) electrons. The Bertz CT molecular complexity index is 904. The molecule has 4 rings (SSSR count). The number of ether oxygens (including phenoxy) is 1. The first-order valence-electron chi connectivity index (χ1n) is 8.70. The summed E-state index contributed by atoms with van der Waals surface area (Å²) in [5.41, 5.74) is 3.28. The SMILES string of the molecule is CC(=O)N1CCc2sc(-c3ccc(OCc4ccccc4)cc3)nc2C1. The highest BCUT2D eigenvalue weighted by Crippen LogP contribution is 2.32. The maximum atomic E-state index is 11.6. The van der Waals surface area contributed by atoms with Crippen LogP contribution >= 0.6 is 11.3 Å². The van der Waals surface area contributed by atoms with Gasteiger partial charge in [0.1, 0.15) is 17.4 Å². The minimum Gasteiger partial charge on any atom is -0.489 e. The molecule has 3 aromatic rings. The van der Waals surface area contributed by atoms with E-state index in [0.29, 0.717) is 13.2 Å². The van der Waals surface area contributed by atoms with Gasteiger partial charge in [0.2, 0.25) is 5.91 Å². The van der Waals surface area contributed by atoms with Crippen molar-refractivity contribution in [2.24, 2.45) is 0 Å². The van der Waals surface area contributed by atoms with Crippen molar-refractivity contribution >= 4 is 17.2 Å². The number of hydrogen-bond acceptors (Lipinski definition) is 4. The number of thiazole rings is 1. The lowest BCUT2D eigenvalue weighted by molar-refractivity contribution is -0.129. The number of hydrogen-bond donors (Lipinski definition) is 0. The largest absolute Gasteiger partial charge is 0.489 e. The van der Waals surface area contributed by atoms with E-state index in [4.69, 9.17) is 9.72 Å². The van der Waals surface area contributed by atoms with Crippen LogP contribution in [0.5, 0.6) is 5.75 Å². The van der Waals surface area contributed by atoms with Crippen molar-refractivity contribution in [3.8, 4) is 16.3 Å². The maximum absolute atomic E-state index is 11.6. The van der Waals surface area contributed by atoms with E-state index in [2.05, 4.69) is 12.1 Å². The molecule has 0 fully saturated rings. The van der Waals surface area contributed by atoms with E-state index in [1.54, 1.807) is 18.3 Å². The Morgan fingerprint density at radius 2 is 1.92 bits per heavy atom. The van der Waals surface area contributed by atoms with Gasteiger partial charge in [-0.2, -0.15) is 0 Å². The molecule has 0 unspecified atom stereocenters. The zero-order valence-electron chi connectivity index (χ0n) is 14.6. The van der Waals surface area contributed by atoms with E-state index in [1.165, 1.54) is 4.88 Å². The van der Waals surface area contributed by atoms with Crippen molar-refractivity contribution in [2.75, 3.05) is 6.54 Å². The second-order valence-electron chi connectivity index (χ2n) is 6.38. The zero-order valence-corrected chi connectivity index (χ0v) is 15.5. The van der Waals surface area contributed by atoms with Gasteiger partial charge in [-0.3, -0.25) is 4.79 Å². The van der Waals surface area contributed by atoms with E-state index in [9.17, 15) is 4.79 Å². The third kappa shape index (κ3) is 3.63. The van der Waals surface area contributed by atoms with Crippen LogP contribution in [-0.4, -0.2) is 22.3 Å². The summed E-state index contributed by atoms with van der Waals surface area (Å²) in [4.78, 5) is 19.5. The van der Waals surface area contributed by atoms with E-state index in [0.717, 1.165) is 40.5 Å². The maximum Gasteiger partial charge on any atom is 0.219 e. The van der Waals surface area contributed by atoms with Gasteiger partial charge in [0.05, 0.1) is 12.2 Å². The first kappa shape index (κ1) is 16.8. The van der Waals surface area contributed by atoms with Gasteiger partial charge in [0, 0.05) is 30.3 Å². The number of carbonyl (C=O) groups excluding carboxylic acids is 1. The van der Waals surface area contributed by atoms with Crippen LogP contribution in [0.15, 0.2) is 54.6 Å². The molecule has 0 bridgehead atoms. The first-order chi connectivity index (χ1) is 12.7. The van der Waals surface area contributed by atoms with Crippen molar-refractivity contribution in [1.82, 2.24) is 9.88 Å². The molecule has 5 heteroatoms. The second-order valence-corrected chi connectivity index (χ2v) is 7.46. The number of benzene rings is 2. The average Bonchev–Trinajstić information content (AvgIpc) is 3.11. The summed E-state index contributed by atoms with van der Waals surface area (Å²) >= 11 is 1.73. The minimum atomic E-state index is 0.116. The zero-order chi connectivity index (χ0) is 17.9. The Hall–Kier alpha value is -2.66. The van der Waals surface area contributed by atoms with Crippen molar-refractivity contribution < 1.29 is 9.53 Å². The van der Waals surface area contributed by atoms with Gasteiger partial charge >= 0.3 is 0 Å². The Kier molecular flexibility index (Phi) is 4.71. The number of nitrogens with zero attached hydrogens (tertiary/aromatic N) is 2. The summed E-state index contributed by atoms with van der Waals surface area (Å²) in [6, 6.07) is 18.2. The third-order valence-electron chi connectivity index (χ3n) is 4.52. The van der Waals surface area contributed by atoms with Crippen LogP contribution < -0.4 is 4.74 Å². The van der Waals surface area contributed by atoms with E-state index >= 15 is 0 Å². The molecule has 2 heterocycles. The molecule has 1 aliphatic rings. The summed E-state index contributed by atoms with van der Waals surface area (Å²) in [5.74, 6) is 0.965. The predicted molar refractivity (Wildman–Crippen MR) is 103 cm³/mol. The van der Waals surface area contributed by atoms with Crippen LogP contribution in [0.3, 0.4) is 0 Å². The number of carbonyl (C=O) groups is 1. The summed E-state index contributed by atoms with van der Waals surface area (Å²) < 4.78 is 5.84. The van der Waals surface area contributed by atoms with Crippen LogP contribution in [-0.2, 0) is 24.4 Å². The van der Waals surface area contributed by atoms with E-state index in [1.807, 2.05) is 47.4 Å². The Morgan fingerprint density at radius 1 is 1.15 bits per heavy atom. The molecular formula is C21H20N2O2S. The highest BCUT2D eigenvalue weighted by Gasteiger charge is 2.22. The topological polar surface area (TPSA) is 42.4 Å². The van der Waals surface area contributed by atoms with Crippen LogP contribution in [0.1, 0.15) is 23.1 Å². The van der Waals surface area contributed by atoms with Crippen LogP contribution in [0.4, 0.5) is 0 Å². The summed E-state index contributed by atoms with van der Waals surface area (Å²) in [7, 11) is 0. The predicted octanol–water partition coefficient (Wildman–Crippen LogP) is 4.29. The van der Waals surface area contributed by atoms with Crippen LogP contribution in [0.25, 0.3) is 10.6 Å². The van der Waals surface area contributed by atoms with Gasteiger partial charge in [-0.15, -0.1) is 11.3 Å². The Morgan fingerprint density at radius 3 is 2.65 bits per heavy atom. The van der Waals surface area contributed by atoms with Crippen molar-refractivity contribution in [3.05, 3.63) is 70.7 Å². The van der Waals surface area contributed by atoms with Gasteiger partial charge in [0.25, 0.3) is 0 Å². The lowest BCUT2D eigenvalue weighted by Crippen LogP contribution is -2.33. The highest BCUT2D eigenvalue weighted by atomic mass is 32.1. The van der Waals surface area contributed by atoms with Gasteiger partial charge in [0.15, 0.2) is 0 Å². The Labute approximate surface area is 157 Å². The second kappa shape index (κ2) is 7.30. The molecule has 26 heavy (non-hydrogen) atoms. The number of fused-ring (bicyclic) bond motifs is 1. The van der Waals surface area contributed by atoms with Crippen molar-refractivity contribution in [3.63, 3.8) is 0 Å². The number of amides is 1. The van der Waals surface area contributed by atoms with Gasteiger partial charge < -0.3 is 9.64 Å². The smallest absolute Gasteiger partial charge is 0.219 e. The van der Waals surface area contributed by atoms with Gasteiger partial charge in [-0.05, 0) is 29.8 Å². The van der Waals surface area contributed by atoms with Crippen LogP contribution in [0.2, 0.25) is 0 Å². The van der Waals surface area contributed by atoms with Crippen molar-refractivity contribution in [1.29, 1.82) is 0 Å². The fourth-order valence-electron chi connectivity index (χ4n) is 3.03. The fraction of sp³-hybridized carbons (Fsp3) is 0.238. The highest BCUT2D eigenvalue weighted by molar-refractivity contribution is 7.15. The normalized spacial score (nSPS) is 13.3. The van der Waals surface area contributed by atoms with Gasteiger partial charge in [-0.1, -0.05) is 30.3 Å². The van der Waals surface area contributed by atoms with Crippen LogP contribution in [0, 0.1) is 0 Å². The molecule has 0 N–H and O–H groups in total. The summed E-state index contributed by atoms with van der Waals surface area (Å²) in [6.45, 7) is 3.59. The molecule has 0 spiro atoms. The monoisotopic (exact) mass is 364 g/mol. The molecular weight excluding hydrogens is 344 g/mol. The molecule has 0 atom stereocenters. The molecule has 0 aliphatic carbocycles. The quantitative estimate of drug-likeness (QED) is 0.693. The lowest BCUT2D eigenvalue weighted by atomic mass is 10.2. The third-order valence-corrected chi connectivity index (χ3v) is 5.73. The van der Waals surface area contributed by atoms with E-state index in [-0.39, 0.29) is 5.91 Å². The first-order valence-corrected chi connectivity index (χ1v) is 9.52. The molecule has 2 aromatic carbocycles. The number of rotatable bonds is 4. The fourth-order valence-corrected chi connectivity index (χ4v) is 4.09.